The highest BCUT2D eigenvalue weighted by Gasteiger charge is 2.28. The van der Waals surface area contributed by atoms with Crippen molar-refractivity contribution in [3.05, 3.63) is 77.1 Å². The van der Waals surface area contributed by atoms with E-state index in [9.17, 15) is 9.18 Å². The van der Waals surface area contributed by atoms with E-state index in [0.717, 1.165) is 36.9 Å². The van der Waals surface area contributed by atoms with Gasteiger partial charge < -0.3 is 15.4 Å². The SMILES string of the molecule is O=C(N[C@@H]1CCCC[C@H]1OCc1ccccc1)c1csc(Nc2ccc(F)cc2)n1. The molecule has 1 aromatic heterocycles. The van der Waals surface area contributed by atoms with Gasteiger partial charge in [0.15, 0.2) is 5.13 Å². The quantitative estimate of drug-likeness (QED) is 0.540. The molecule has 1 saturated carbocycles. The van der Waals surface area contributed by atoms with Gasteiger partial charge in [-0.25, -0.2) is 9.37 Å². The number of ether oxygens (including phenoxy) is 1. The molecular weight excluding hydrogens is 401 g/mol. The number of hydrogen-bond acceptors (Lipinski definition) is 5. The molecular formula is C23H24FN3O2S. The molecule has 1 aliphatic carbocycles. The van der Waals surface area contributed by atoms with Crippen LogP contribution in [0.3, 0.4) is 0 Å². The van der Waals surface area contributed by atoms with E-state index in [4.69, 9.17) is 4.74 Å². The highest BCUT2D eigenvalue weighted by molar-refractivity contribution is 7.14. The third-order valence-corrected chi connectivity index (χ3v) is 5.92. The first-order chi connectivity index (χ1) is 14.7. The van der Waals surface area contributed by atoms with Gasteiger partial charge in [0.1, 0.15) is 11.5 Å². The number of thiazole rings is 1. The van der Waals surface area contributed by atoms with Gasteiger partial charge in [0.25, 0.3) is 5.91 Å². The van der Waals surface area contributed by atoms with Gasteiger partial charge in [-0.15, -0.1) is 11.3 Å². The van der Waals surface area contributed by atoms with Gasteiger partial charge in [-0.1, -0.05) is 43.2 Å². The first-order valence-corrected chi connectivity index (χ1v) is 11.0. The summed E-state index contributed by atoms with van der Waals surface area (Å²) in [6.45, 7) is 0.542. The molecule has 3 aromatic rings. The van der Waals surface area contributed by atoms with E-state index in [1.807, 2.05) is 30.3 Å². The third kappa shape index (κ3) is 5.43. The van der Waals surface area contributed by atoms with Crippen LogP contribution in [0.4, 0.5) is 15.2 Å². The molecule has 0 spiro atoms. The normalized spacial score (nSPS) is 18.7. The number of halogens is 1. The average molecular weight is 426 g/mol. The van der Waals surface area contributed by atoms with Crippen LogP contribution in [0.15, 0.2) is 60.0 Å². The second-order valence-corrected chi connectivity index (χ2v) is 8.23. The summed E-state index contributed by atoms with van der Waals surface area (Å²) in [5, 5.41) is 8.52. The first kappa shape index (κ1) is 20.5. The number of amides is 1. The van der Waals surface area contributed by atoms with Gasteiger partial charge in [-0.2, -0.15) is 0 Å². The average Bonchev–Trinajstić information content (AvgIpc) is 3.24. The predicted octanol–water partition coefficient (Wildman–Crippen LogP) is 5.28. The molecule has 0 radical (unpaired) electrons. The van der Waals surface area contributed by atoms with Gasteiger partial charge in [-0.05, 0) is 42.7 Å². The Balaban J connectivity index is 1.34. The molecule has 0 bridgehead atoms. The number of nitrogens with zero attached hydrogens (tertiary/aromatic N) is 1. The Morgan fingerprint density at radius 2 is 1.87 bits per heavy atom. The zero-order chi connectivity index (χ0) is 20.8. The minimum Gasteiger partial charge on any atom is -0.371 e. The van der Waals surface area contributed by atoms with E-state index in [1.54, 1.807) is 17.5 Å². The van der Waals surface area contributed by atoms with Crippen molar-refractivity contribution in [1.29, 1.82) is 0 Å². The molecule has 30 heavy (non-hydrogen) atoms. The van der Waals surface area contributed by atoms with Crippen LogP contribution < -0.4 is 10.6 Å². The zero-order valence-corrected chi connectivity index (χ0v) is 17.3. The number of benzene rings is 2. The number of carbonyl (C=O) groups excluding carboxylic acids is 1. The Kier molecular flexibility index (Phi) is 6.71. The van der Waals surface area contributed by atoms with Crippen LogP contribution in [0.2, 0.25) is 0 Å². The van der Waals surface area contributed by atoms with E-state index in [2.05, 4.69) is 15.6 Å². The number of nitrogens with one attached hydrogen (secondary N) is 2. The molecule has 1 amide bonds. The molecule has 0 aliphatic heterocycles. The standard InChI is InChI=1S/C23H24FN3O2S/c24-17-10-12-18(13-11-17)25-23-27-20(15-30-23)22(28)26-19-8-4-5-9-21(19)29-14-16-6-2-1-3-7-16/h1-3,6-7,10-13,15,19,21H,4-5,8-9,14H2,(H,25,27)(H,26,28)/t19-,21-/m1/s1. The van der Waals surface area contributed by atoms with Crippen LogP contribution >= 0.6 is 11.3 Å². The van der Waals surface area contributed by atoms with Crippen molar-refractivity contribution in [1.82, 2.24) is 10.3 Å². The van der Waals surface area contributed by atoms with Crippen molar-refractivity contribution >= 4 is 28.1 Å². The van der Waals surface area contributed by atoms with Gasteiger partial charge in [0.05, 0.1) is 18.8 Å². The van der Waals surface area contributed by atoms with Crippen LogP contribution in [0.25, 0.3) is 0 Å². The lowest BCUT2D eigenvalue weighted by atomic mass is 9.92. The summed E-state index contributed by atoms with van der Waals surface area (Å²) in [7, 11) is 0. The Morgan fingerprint density at radius 3 is 2.67 bits per heavy atom. The van der Waals surface area contributed by atoms with Gasteiger partial charge in [-0.3, -0.25) is 4.79 Å². The van der Waals surface area contributed by atoms with Crippen molar-refractivity contribution < 1.29 is 13.9 Å². The zero-order valence-electron chi connectivity index (χ0n) is 16.5. The molecule has 1 aliphatic rings. The second-order valence-electron chi connectivity index (χ2n) is 7.37. The molecule has 0 unspecified atom stereocenters. The Hall–Kier alpha value is -2.77. The van der Waals surface area contributed by atoms with Gasteiger partial charge in [0.2, 0.25) is 0 Å². The molecule has 0 saturated heterocycles. The van der Waals surface area contributed by atoms with Crippen molar-refractivity contribution in [2.75, 3.05) is 5.32 Å². The van der Waals surface area contributed by atoms with Crippen LogP contribution in [-0.2, 0) is 11.3 Å². The van der Waals surface area contributed by atoms with Gasteiger partial charge in [0, 0.05) is 11.1 Å². The summed E-state index contributed by atoms with van der Waals surface area (Å²) >= 11 is 1.34. The highest BCUT2D eigenvalue weighted by Crippen LogP contribution is 2.24. The minimum absolute atomic E-state index is 0.00153. The topological polar surface area (TPSA) is 63.2 Å². The predicted molar refractivity (Wildman–Crippen MR) is 117 cm³/mol. The molecule has 2 atom stereocenters. The van der Waals surface area contributed by atoms with Crippen LogP contribution in [0.1, 0.15) is 41.7 Å². The van der Waals surface area contributed by atoms with E-state index in [-0.39, 0.29) is 23.9 Å². The van der Waals surface area contributed by atoms with Crippen LogP contribution in [-0.4, -0.2) is 23.0 Å². The summed E-state index contributed by atoms with van der Waals surface area (Å²) in [5.74, 6) is -0.491. The summed E-state index contributed by atoms with van der Waals surface area (Å²) < 4.78 is 19.2. The lowest BCUT2D eigenvalue weighted by Gasteiger charge is -2.32. The fourth-order valence-electron chi connectivity index (χ4n) is 3.57. The van der Waals surface area contributed by atoms with Crippen molar-refractivity contribution in [2.24, 2.45) is 0 Å². The molecule has 4 rings (SSSR count). The molecule has 1 heterocycles. The summed E-state index contributed by atoms with van der Waals surface area (Å²) in [6.07, 6.45) is 4.01. The maximum absolute atomic E-state index is 13.0. The fraction of sp³-hybridized carbons (Fsp3) is 0.304. The largest absolute Gasteiger partial charge is 0.371 e. The number of anilines is 2. The van der Waals surface area contributed by atoms with Crippen LogP contribution in [0, 0.1) is 5.82 Å². The van der Waals surface area contributed by atoms with E-state index in [1.165, 1.54) is 23.5 Å². The lowest BCUT2D eigenvalue weighted by molar-refractivity contribution is -0.00465. The molecule has 1 fully saturated rings. The van der Waals surface area contributed by atoms with Gasteiger partial charge >= 0.3 is 0 Å². The van der Waals surface area contributed by atoms with E-state index in [0.29, 0.717) is 17.4 Å². The maximum atomic E-state index is 13.0. The Labute approximate surface area is 179 Å². The van der Waals surface area contributed by atoms with Crippen LogP contribution in [0.5, 0.6) is 0 Å². The summed E-state index contributed by atoms with van der Waals surface area (Å²) in [4.78, 5) is 17.1. The number of carbonyl (C=O) groups is 1. The molecule has 5 nitrogen and oxygen atoms in total. The summed E-state index contributed by atoms with van der Waals surface area (Å²) in [5.41, 5.74) is 2.22. The first-order valence-electron chi connectivity index (χ1n) is 10.1. The summed E-state index contributed by atoms with van der Waals surface area (Å²) in [6, 6.07) is 16.1. The van der Waals surface area contributed by atoms with E-state index >= 15 is 0 Å². The Morgan fingerprint density at radius 1 is 1.10 bits per heavy atom. The molecule has 2 N–H and O–H groups in total. The number of aromatic nitrogens is 1. The van der Waals surface area contributed by atoms with Crippen molar-refractivity contribution in [3.63, 3.8) is 0 Å². The van der Waals surface area contributed by atoms with Crippen molar-refractivity contribution in [3.8, 4) is 0 Å². The number of rotatable bonds is 7. The molecule has 156 valence electrons. The molecule has 2 aromatic carbocycles. The highest BCUT2D eigenvalue weighted by atomic mass is 32.1. The number of hydrogen-bond donors (Lipinski definition) is 2. The van der Waals surface area contributed by atoms with E-state index < -0.39 is 0 Å². The van der Waals surface area contributed by atoms with Crippen molar-refractivity contribution in [2.45, 2.75) is 44.4 Å². The minimum atomic E-state index is -0.295. The third-order valence-electron chi connectivity index (χ3n) is 5.16. The smallest absolute Gasteiger partial charge is 0.271 e. The maximum Gasteiger partial charge on any atom is 0.271 e. The lowest BCUT2D eigenvalue weighted by Crippen LogP contribution is -2.46. The fourth-order valence-corrected chi connectivity index (χ4v) is 4.28. The second kappa shape index (κ2) is 9.82. The Bertz CT molecular complexity index is 962. The molecule has 7 heteroatoms. The monoisotopic (exact) mass is 425 g/mol.